The number of fused-ring (bicyclic) bond motifs is 7. The van der Waals surface area contributed by atoms with Crippen molar-refractivity contribution in [2.24, 2.45) is 0 Å². The van der Waals surface area contributed by atoms with E-state index in [2.05, 4.69) is 116 Å². The zero-order chi connectivity index (χ0) is 42.8. The largest absolute Gasteiger partial charge is 0.367 e. The predicted molar refractivity (Wildman–Crippen MR) is 257 cm³/mol. The van der Waals surface area contributed by atoms with Crippen molar-refractivity contribution in [1.29, 1.82) is 0 Å². The summed E-state index contributed by atoms with van der Waals surface area (Å²) in [6.07, 6.45) is 26.5. The van der Waals surface area contributed by atoms with Gasteiger partial charge in [-0.25, -0.2) is 0 Å². The van der Waals surface area contributed by atoms with E-state index < -0.39 is 5.72 Å². The first-order valence-electron chi connectivity index (χ1n) is 23.8. The summed E-state index contributed by atoms with van der Waals surface area (Å²) in [4.78, 5) is 21.7. The third-order valence-electron chi connectivity index (χ3n) is 13.5. The lowest BCUT2D eigenvalue weighted by Crippen LogP contribution is -2.41. The van der Waals surface area contributed by atoms with Gasteiger partial charge in [-0.3, -0.25) is 9.69 Å². The molecule has 0 saturated heterocycles. The number of carbonyl (C=O) groups excluding carboxylic acids is 1. The molecule has 1 amide bonds. The van der Waals surface area contributed by atoms with E-state index in [0.717, 1.165) is 53.8 Å². The lowest BCUT2D eigenvalue weighted by molar-refractivity contribution is -0.121. The highest BCUT2D eigenvalue weighted by atomic mass is 32.1. The molecule has 7 rings (SSSR count). The van der Waals surface area contributed by atoms with Crippen molar-refractivity contribution in [2.75, 3.05) is 0 Å². The summed E-state index contributed by atoms with van der Waals surface area (Å²) in [5, 5.41) is 12.9. The molecule has 2 aromatic carbocycles. The summed E-state index contributed by atoms with van der Waals surface area (Å²) in [7, 11) is 0. The average Bonchev–Trinajstić information content (AvgIpc) is 3.89. The third-order valence-corrected chi connectivity index (χ3v) is 15.0. The van der Waals surface area contributed by atoms with Crippen molar-refractivity contribution in [3.8, 4) is 10.4 Å². The Bertz CT molecular complexity index is 2180. The Labute approximate surface area is 367 Å². The number of aliphatic hydroxyl groups is 1. The van der Waals surface area contributed by atoms with Gasteiger partial charge in [-0.05, 0) is 95.0 Å². The van der Waals surface area contributed by atoms with Crippen LogP contribution in [0.3, 0.4) is 0 Å². The molecule has 0 radical (unpaired) electrons. The summed E-state index contributed by atoms with van der Waals surface area (Å²) in [6.45, 7) is 20.1. The normalized spacial score (nSPS) is 18.5. The molecule has 4 aliphatic rings. The molecule has 0 aliphatic carbocycles. The van der Waals surface area contributed by atoms with Gasteiger partial charge in [-0.15, -0.1) is 11.3 Å². The van der Waals surface area contributed by atoms with Crippen LogP contribution in [-0.4, -0.2) is 26.5 Å². The lowest BCUT2D eigenvalue weighted by atomic mass is 9.81. The fraction of sp³-hybridized carbons (Fsp3) is 0.545. The van der Waals surface area contributed by atoms with Gasteiger partial charge in [-0.1, -0.05) is 176 Å². The SMILES string of the molecule is CCCCCCCCCCC1=CN2C(=O)C3=C4c5ccc(-c6ccc(C(C)(C)C)s6)cc5C(CCCCCCCCCC)=CN4C(C)(O)C3=C2c2ccc(C(C)(C)C)cc21. The number of unbranched alkanes of at least 4 members (excludes halogenated alkanes) is 14. The molecule has 322 valence electrons. The van der Waals surface area contributed by atoms with Gasteiger partial charge in [-0.2, -0.15) is 0 Å². The molecular formula is C55H74N2O2S. The molecule has 5 heteroatoms. The first kappa shape index (κ1) is 44.4. The van der Waals surface area contributed by atoms with Gasteiger partial charge >= 0.3 is 0 Å². The Hall–Kier alpha value is -3.67. The Balaban J connectivity index is 1.27. The van der Waals surface area contributed by atoms with E-state index in [1.807, 2.05) is 28.1 Å². The number of benzene rings is 2. The Morgan fingerprint density at radius 2 is 1.13 bits per heavy atom. The highest BCUT2D eigenvalue weighted by Gasteiger charge is 2.56. The van der Waals surface area contributed by atoms with Crippen LogP contribution in [0.5, 0.6) is 0 Å². The summed E-state index contributed by atoms with van der Waals surface area (Å²) in [5.41, 5.74) is 11.3. The quantitative estimate of drug-likeness (QED) is 0.122. The van der Waals surface area contributed by atoms with Crippen LogP contribution >= 0.6 is 11.3 Å². The molecule has 0 fully saturated rings. The molecule has 5 heterocycles. The second-order valence-corrected chi connectivity index (χ2v) is 21.5. The van der Waals surface area contributed by atoms with Crippen LogP contribution in [0.2, 0.25) is 0 Å². The molecule has 0 bridgehead atoms. The van der Waals surface area contributed by atoms with Crippen molar-refractivity contribution in [1.82, 2.24) is 9.80 Å². The van der Waals surface area contributed by atoms with Crippen LogP contribution in [0.4, 0.5) is 0 Å². The summed E-state index contributed by atoms with van der Waals surface area (Å²) >= 11 is 1.88. The minimum absolute atomic E-state index is 0.0120. The van der Waals surface area contributed by atoms with Gasteiger partial charge in [0.1, 0.15) is 0 Å². The first-order valence-corrected chi connectivity index (χ1v) is 24.6. The van der Waals surface area contributed by atoms with Gasteiger partial charge in [0.15, 0.2) is 5.72 Å². The number of hydrogen-bond donors (Lipinski definition) is 1. The van der Waals surface area contributed by atoms with Crippen LogP contribution < -0.4 is 0 Å². The van der Waals surface area contributed by atoms with Crippen LogP contribution in [0.1, 0.15) is 211 Å². The third kappa shape index (κ3) is 8.96. The molecule has 0 saturated carbocycles. The molecule has 1 atom stereocenters. The minimum atomic E-state index is -1.40. The van der Waals surface area contributed by atoms with Crippen LogP contribution in [0.15, 0.2) is 72.1 Å². The highest BCUT2D eigenvalue weighted by Crippen LogP contribution is 2.58. The second kappa shape index (κ2) is 18.4. The number of thiophene rings is 1. The standard InChI is InChI=1S/C55H74N2O2S/c1-10-12-14-16-18-20-22-24-26-39-36-56-51(43-31-29-41(35-45(39)43)53(3,4)5)49-48(52(56)58)50-42-30-28-38(46-32-33-47(60-46)54(6,7)8)34-44(42)40(37-57(50)55(49,9)59)27-25-23-21-19-17-15-13-11-2/h28-37,59H,10-27H2,1-9H3. The zero-order valence-corrected chi connectivity index (χ0v) is 39.5. The van der Waals surface area contributed by atoms with Crippen LogP contribution in [0.25, 0.3) is 33.0 Å². The smallest absolute Gasteiger partial charge is 0.265 e. The van der Waals surface area contributed by atoms with Crippen molar-refractivity contribution >= 4 is 39.8 Å². The van der Waals surface area contributed by atoms with E-state index in [4.69, 9.17) is 0 Å². The van der Waals surface area contributed by atoms with Gasteiger partial charge in [0.05, 0.1) is 17.0 Å². The molecule has 4 nitrogen and oxygen atoms in total. The first-order chi connectivity index (χ1) is 28.7. The summed E-state index contributed by atoms with van der Waals surface area (Å²) < 4.78 is 0. The summed E-state index contributed by atoms with van der Waals surface area (Å²) in [5.74, 6) is -0.0280. The van der Waals surface area contributed by atoms with Crippen molar-refractivity contribution in [2.45, 2.75) is 194 Å². The molecule has 3 aromatic rings. The minimum Gasteiger partial charge on any atom is -0.367 e. The molecule has 1 N–H and O–H groups in total. The average molecular weight is 827 g/mol. The van der Waals surface area contributed by atoms with Gasteiger partial charge in [0.25, 0.3) is 5.91 Å². The van der Waals surface area contributed by atoms with E-state index in [-0.39, 0.29) is 16.7 Å². The van der Waals surface area contributed by atoms with Gasteiger partial charge < -0.3 is 10.0 Å². The monoisotopic (exact) mass is 827 g/mol. The summed E-state index contributed by atoms with van der Waals surface area (Å²) in [6, 6.07) is 18.2. The Morgan fingerprint density at radius 1 is 0.600 bits per heavy atom. The molecular weight excluding hydrogens is 753 g/mol. The number of amides is 1. The van der Waals surface area contributed by atoms with Crippen LogP contribution in [-0.2, 0) is 15.6 Å². The fourth-order valence-corrected chi connectivity index (χ4v) is 10.9. The molecule has 1 aromatic heterocycles. The maximum Gasteiger partial charge on any atom is 0.265 e. The predicted octanol–water partition coefficient (Wildman–Crippen LogP) is 15.8. The molecule has 0 spiro atoms. The molecule has 1 unspecified atom stereocenters. The number of rotatable bonds is 19. The van der Waals surface area contributed by atoms with Gasteiger partial charge in [0.2, 0.25) is 0 Å². The van der Waals surface area contributed by atoms with E-state index in [0.29, 0.717) is 5.57 Å². The van der Waals surface area contributed by atoms with Crippen molar-refractivity contribution in [3.05, 3.63) is 105 Å². The second-order valence-electron chi connectivity index (χ2n) is 20.5. The fourth-order valence-electron chi connectivity index (χ4n) is 9.85. The maximum atomic E-state index is 15.1. The Kier molecular flexibility index (Phi) is 13.6. The number of carbonyl (C=O) groups is 1. The Morgan fingerprint density at radius 3 is 1.70 bits per heavy atom. The number of nitrogens with zero attached hydrogens (tertiary/aromatic N) is 2. The van der Waals surface area contributed by atoms with Crippen molar-refractivity contribution in [3.63, 3.8) is 0 Å². The topological polar surface area (TPSA) is 43.8 Å². The van der Waals surface area contributed by atoms with E-state index >= 15 is 4.79 Å². The zero-order valence-electron chi connectivity index (χ0n) is 38.7. The van der Waals surface area contributed by atoms with E-state index in [1.54, 1.807) is 0 Å². The van der Waals surface area contributed by atoms with E-state index in [1.165, 1.54) is 133 Å². The van der Waals surface area contributed by atoms with Gasteiger partial charge in [0, 0.05) is 38.9 Å². The number of hydrogen-bond acceptors (Lipinski definition) is 4. The van der Waals surface area contributed by atoms with Crippen molar-refractivity contribution < 1.29 is 9.90 Å². The maximum absolute atomic E-state index is 15.1. The molecule has 60 heavy (non-hydrogen) atoms. The highest BCUT2D eigenvalue weighted by molar-refractivity contribution is 7.15. The number of allylic oxidation sites excluding steroid dienone is 2. The lowest BCUT2D eigenvalue weighted by Gasteiger charge is -2.38. The van der Waals surface area contributed by atoms with Crippen LogP contribution in [0, 0.1) is 0 Å². The molecule has 4 aliphatic heterocycles. The van der Waals surface area contributed by atoms with E-state index in [9.17, 15) is 5.11 Å².